The van der Waals surface area contributed by atoms with Gasteiger partial charge in [0.05, 0.1) is 31.5 Å². The maximum absolute atomic E-state index is 13.0. The van der Waals surface area contributed by atoms with Gasteiger partial charge in [-0.25, -0.2) is 0 Å². The van der Waals surface area contributed by atoms with Crippen LogP contribution in [0.25, 0.3) is 0 Å². The van der Waals surface area contributed by atoms with E-state index in [0.717, 1.165) is 0 Å². The van der Waals surface area contributed by atoms with E-state index >= 15 is 0 Å². The first-order valence-corrected chi connectivity index (χ1v) is 8.82. The molecular weight excluding hydrogens is 416 g/mol. The minimum absolute atomic E-state index is 0.0472. The van der Waals surface area contributed by atoms with Gasteiger partial charge in [0.2, 0.25) is 0 Å². The molecule has 30 heavy (non-hydrogen) atoms. The first kappa shape index (κ1) is 24.0. The lowest BCUT2D eigenvalue weighted by Gasteiger charge is -2.28. The van der Waals surface area contributed by atoms with Gasteiger partial charge in [-0.3, -0.25) is 0 Å². The molecule has 0 spiro atoms. The van der Waals surface area contributed by atoms with Gasteiger partial charge < -0.3 is 20.3 Å². The van der Waals surface area contributed by atoms with E-state index in [-0.39, 0.29) is 31.2 Å². The predicted molar refractivity (Wildman–Crippen MR) is 96.7 cm³/mol. The number of hydrogen-bond acceptors (Lipinski definition) is 4. The SMILES string of the molecule is COc1ccc(C(O)(CCN)COCc2cc(C(F)(F)F)cc(C(F)(F)F)c2)cc1. The van der Waals surface area contributed by atoms with Crippen LogP contribution in [0.2, 0.25) is 0 Å². The van der Waals surface area contributed by atoms with E-state index in [1.165, 1.54) is 7.11 Å². The van der Waals surface area contributed by atoms with Gasteiger partial charge in [0.15, 0.2) is 0 Å². The Morgan fingerprint density at radius 3 is 1.83 bits per heavy atom. The van der Waals surface area contributed by atoms with Crippen molar-refractivity contribution in [1.82, 2.24) is 0 Å². The molecule has 0 aliphatic carbocycles. The minimum Gasteiger partial charge on any atom is -0.497 e. The van der Waals surface area contributed by atoms with Gasteiger partial charge in [-0.2, -0.15) is 26.3 Å². The second kappa shape index (κ2) is 9.23. The van der Waals surface area contributed by atoms with Gasteiger partial charge in [0.25, 0.3) is 0 Å². The van der Waals surface area contributed by atoms with Crippen molar-refractivity contribution in [2.24, 2.45) is 5.73 Å². The third-order valence-corrected chi connectivity index (χ3v) is 4.44. The summed E-state index contributed by atoms with van der Waals surface area (Å²) in [6.45, 7) is -0.863. The Labute approximate surface area is 169 Å². The standard InChI is InChI=1S/C20H21F6NO3/c1-29-17-4-2-14(3-5-17)18(28,6-7-27)12-30-11-13-8-15(19(21,22)23)10-16(9-13)20(24,25)26/h2-5,8-10,28H,6-7,11-12,27H2,1H3. The quantitative estimate of drug-likeness (QED) is 0.598. The first-order valence-electron chi connectivity index (χ1n) is 8.82. The Hall–Kier alpha value is -2.30. The Kier molecular flexibility index (Phi) is 7.38. The fourth-order valence-corrected chi connectivity index (χ4v) is 2.88. The summed E-state index contributed by atoms with van der Waals surface area (Å²) in [7, 11) is 1.47. The van der Waals surface area contributed by atoms with Gasteiger partial charge in [-0.1, -0.05) is 12.1 Å². The van der Waals surface area contributed by atoms with Crippen LogP contribution in [0.4, 0.5) is 26.3 Å². The highest BCUT2D eigenvalue weighted by Crippen LogP contribution is 2.36. The van der Waals surface area contributed by atoms with Crippen LogP contribution < -0.4 is 10.5 Å². The number of halogens is 6. The van der Waals surface area contributed by atoms with Gasteiger partial charge in [-0.15, -0.1) is 0 Å². The molecule has 2 aromatic rings. The molecule has 2 rings (SSSR count). The average molecular weight is 437 g/mol. The molecule has 1 atom stereocenters. The van der Waals surface area contributed by atoms with Crippen LogP contribution in [0.5, 0.6) is 5.75 Å². The number of alkyl halides is 6. The van der Waals surface area contributed by atoms with Crippen LogP contribution in [-0.2, 0) is 29.3 Å². The van der Waals surface area contributed by atoms with E-state index in [0.29, 0.717) is 23.4 Å². The average Bonchev–Trinajstić information content (AvgIpc) is 2.66. The molecule has 1 unspecified atom stereocenters. The van der Waals surface area contributed by atoms with Gasteiger partial charge >= 0.3 is 12.4 Å². The molecule has 2 aromatic carbocycles. The molecule has 0 aromatic heterocycles. The summed E-state index contributed by atoms with van der Waals surface area (Å²) in [6.07, 6.45) is -9.82. The summed E-state index contributed by atoms with van der Waals surface area (Å²) in [4.78, 5) is 0. The van der Waals surface area contributed by atoms with Crippen molar-refractivity contribution < 1.29 is 40.9 Å². The van der Waals surface area contributed by atoms with Crippen molar-refractivity contribution in [2.45, 2.75) is 31.0 Å². The van der Waals surface area contributed by atoms with Crippen molar-refractivity contribution in [1.29, 1.82) is 0 Å². The largest absolute Gasteiger partial charge is 0.497 e. The van der Waals surface area contributed by atoms with Crippen molar-refractivity contribution in [3.05, 3.63) is 64.7 Å². The molecule has 166 valence electrons. The maximum atomic E-state index is 13.0. The molecule has 0 aliphatic rings. The zero-order chi connectivity index (χ0) is 22.6. The third kappa shape index (κ3) is 6.10. The Balaban J connectivity index is 2.21. The van der Waals surface area contributed by atoms with Crippen LogP contribution in [0.15, 0.2) is 42.5 Å². The van der Waals surface area contributed by atoms with Gasteiger partial charge in [0, 0.05) is 0 Å². The van der Waals surface area contributed by atoms with Crippen LogP contribution in [-0.4, -0.2) is 25.4 Å². The summed E-state index contributed by atoms with van der Waals surface area (Å²) < 4.78 is 88.1. The normalized spacial score (nSPS) is 14.4. The highest BCUT2D eigenvalue weighted by atomic mass is 19.4. The van der Waals surface area contributed by atoms with Crippen LogP contribution in [0.3, 0.4) is 0 Å². The summed E-state index contributed by atoms with van der Waals surface area (Å²) in [5, 5.41) is 10.9. The molecular formula is C20H21F6NO3. The van der Waals surface area contributed by atoms with Crippen molar-refractivity contribution in [2.75, 3.05) is 20.3 Å². The van der Waals surface area contributed by atoms with Gasteiger partial charge in [-0.05, 0) is 54.4 Å². The molecule has 0 bridgehead atoms. The van der Waals surface area contributed by atoms with E-state index in [2.05, 4.69) is 0 Å². The molecule has 0 fully saturated rings. The Morgan fingerprint density at radius 2 is 1.40 bits per heavy atom. The summed E-state index contributed by atoms with van der Waals surface area (Å²) in [5.41, 5.74) is 1.21. The van der Waals surface area contributed by atoms with Gasteiger partial charge in [0.1, 0.15) is 11.4 Å². The second-order valence-corrected chi connectivity index (χ2v) is 6.71. The van der Waals surface area contributed by atoms with E-state index in [1.54, 1.807) is 24.3 Å². The smallest absolute Gasteiger partial charge is 0.416 e. The van der Waals surface area contributed by atoms with Crippen LogP contribution in [0, 0.1) is 0 Å². The lowest BCUT2D eigenvalue weighted by Crippen LogP contribution is -2.34. The lowest BCUT2D eigenvalue weighted by atomic mass is 9.91. The third-order valence-electron chi connectivity index (χ3n) is 4.44. The molecule has 4 nitrogen and oxygen atoms in total. The van der Waals surface area contributed by atoms with Crippen LogP contribution >= 0.6 is 0 Å². The molecule has 0 saturated heterocycles. The molecule has 3 N–H and O–H groups in total. The second-order valence-electron chi connectivity index (χ2n) is 6.71. The van der Waals surface area contributed by atoms with Crippen LogP contribution in [0.1, 0.15) is 28.7 Å². The zero-order valence-corrected chi connectivity index (χ0v) is 16.0. The number of benzene rings is 2. The summed E-state index contributed by atoms with van der Waals surface area (Å²) in [6, 6.07) is 7.56. The van der Waals surface area contributed by atoms with Crippen molar-refractivity contribution >= 4 is 0 Å². The molecule has 0 amide bonds. The minimum atomic E-state index is -4.95. The number of rotatable bonds is 8. The number of aliphatic hydroxyl groups is 1. The first-order chi connectivity index (χ1) is 13.9. The highest BCUT2D eigenvalue weighted by Gasteiger charge is 2.37. The number of ether oxygens (including phenoxy) is 2. The Bertz CT molecular complexity index is 804. The van der Waals surface area contributed by atoms with E-state index < -0.39 is 35.7 Å². The molecule has 0 aliphatic heterocycles. The highest BCUT2D eigenvalue weighted by molar-refractivity contribution is 5.34. The fraction of sp³-hybridized carbons (Fsp3) is 0.400. The molecule has 0 heterocycles. The summed E-state index contributed by atoms with van der Waals surface area (Å²) >= 11 is 0. The maximum Gasteiger partial charge on any atom is 0.416 e. The van der Waals surface area contributed by atoms with E-state index in [9.17, 15) is 31.4 Å². The Morgan fingerprint density at radius 1 is 0.867 bits per heavy atom. The predicted octanol–water partition coefficient (Wildman–Crippen LogP) is 4.49. The van der Waals surface area contributed by atoms with Crippen molar-refractivity contribution in [3.63, 3.8) is 0 Å². The number of methoxy groups -OCH3 is 1. The van der Waals surface area contributed by atoms with E-state index in [4.69, 9.17) is 15.2 Å². The molecule has 0 saturated carbocycles. The monoisotopic (exact) mass is 437 g/mol. The number of hydrogen-bond donors (Lipinski definition) is 2. The number of nitrogens with two attached hydrogens (primary N) is 1. The lowest BCUT2D eigenvalue weighted by molar-refractivity contribution is -0.143. The molecule has 10 heteroatoms. The van der Waals surface area contributed by atoms with E-state index in [1.807, 2.05) is 0 Å². The zero-order valence-electron chi connectivity index (χ0n) is 16.0. The molecule has 0 radical (unpaired) electrons. The topological polar surface area (TPSA) is 64.7 Å². The summed E-state index contributed by atoms with van der Waals surface area (Å²) in [5.74, 6) is 0.540. The van der Waals surface area contributed by atoms with Crippen molar-refractivity contribution in [3.8, 4) is 5.75 Å². The fourth-order valence-electron chi connectivity index (χ4n) is 2.88.